The average Bonchev–Trinajstić information content (AvgIpc) is 2.89. The Morgan fingerprint density at radius 1 is 1.32 bits per heavy atom. The molecule has 0 saturated carbocycles. The van der Waals surface area contributed by atoms with E-state index in [1.54, 1.807) is 24.5 Å². The minimum Gasteiger partial charge on any atom is -0.292 e. The van der Waals surface area contributed by atoms with E-state index in [4.69, 9.17) is 17.4 Å². The molecule has 3 aromatic rings. The molecule has 0 unspecified atom stereocenters. The number of halogens is 1. The molecule has 7 nitrogen and oxygen atoms in total. The number of H-pyrrole nitrogens is 1. The maximum Gasteiger partial charge on any atom is 0.240 e. The number of pyridine rings is 1. The van der Waals surface area contributed by atoms with Gasteiger partial charge in [-0.3, -0.25) is 10.5 Å². The Kier molecular flexibility index (Phi) is 3.20. The summed E-state index contributed by atoms with van der Waals surface area (Å²) >= 11 is 7.41. The second kappa shape index (κ2) is 5.00. The number of nitrogens with zero attached hydrogens (tertiary/aromatic N) is 4. The summed E-state index contributed by atoms with van der Waals surface area (Å²) in [6.45, 7) is 0. The van der Waals surface area contributed by atoms with Crippen LogP contribution in [0, 0.1) is 0 Å². The molecular formula is C10H8ClN7S. The smallest absolute Gasteiger partial charge is 0.240 e. The van der Waals surface area contributed by atoms with Gasteiger partial charge in [-0.05, 0) is 23.9 Å². The van der Waals surface area contributed by atoms with Gasteiger partial charge in [0.15, 0.2) is 5.65 Å². The highest BCUT2D eigenvalue weighted by atomic mass is 35.5. The van der Waals surface area contributed by atoms with Crippen LogP contribution in [0.5, 0.6) is 0 Å². The van der Waals surface area contributed by atoms with E-state index in [0.717, 1.165) is 5.39 Å². The molecule has 19 heavy (non-hydrogen) atoms. The zero-order chi connectivity index (χ0) is 13.2. The van der Waals surface area contributed by atoms with Crippen molar-refractivity contribution in [2.24, 2.45) is 5.84 Å². The predicted octanol–water partition coefficient (Wildman–Crippen LogP) is 1.84. The highest BCUT2D eigenvalue weighted by Gasteiger charge is 2.12. The zero-order valence-electron chi connectivity index (χ0n) is 9.46. The number of aromatic amines is 1. The minimum absolute atomic E-state index is 0.298. The SMILES string of the molecule is NNc1nc(Sc2ncccc2Cl)c2cn[nH]c2n1. The largest absolute Gasteiger partial charge is 0.292 e. The number of hydrogen-bond donors (Lipinski definition) is 3. The number of fused-ring (bicyclic) bond motifs is 1. The van der Waals surface area contributed by atoms with Gasteiger partial charge in [0.1, 0.15) is 10.1 Å². The van der Waals surface area contributed by atoms with Gasteiger partial charge in [-0.15, -0.1) is 0 Å². The van der Waals surface area contributed by atoms with Gasteiger partial charge in [0.25, 0.3) is 0 Å². The number of aromatic nitrogens is 5. The zero-order valence-corrected chi connectivity index (χ0v) is 11.0. The topological polar surface area (TPSA) is 105 Å². The lowest BCUT2D eigenvalue weighted by Gasteiger charge is -2.05. The Hall–Kier alpha value is -1.90. The van der Waals surface area contributed by atoms with Crippen molar-refractivity contribution in [3.8, 4) is 0 Å². The normalized spacial score (nSPS) is 10.8. The number of rotatable bonds is 3. The third-order valence-corrected chi connectivity index (χ3v) is 3.76. The summed E-state index contributed by atoms with van der Waals surface area (Å²) in [6.07, 6.45) is 3.32. The number of hydrogen-bond acceptors (Lipinski definition) is 7. The van der Waals surface area contributed by atoms with Crippen molar-refractivity contribution in [2.75, 3.05) is 5.43 Å². The van der Waals surface area contributed by atoms with Crippen molar-refractivity contribution in [1.29, 1.82) is 0 Å². The van der Waals surface area contributed by atoms with E-state index in [9.17, 15) is 0 Å². The number of hydrazine groups is 1. The monoisotopic (exact) mass is 293 g/mol. The van der Waals surface area contributed by atoms with Gasteiger partial charge in [0.05, 0.1) is 16.6 Å². The van der Waals surface area contributed by atoms with Crippen molar-refractivity contribution in [2.45, 2.75) is 10.1 Å². The van der Waals surface area contributed by atoms with Crippen molar-refractivity contribution in [3.63, 3.8) is 0 Å². The summed E-state index contributed by atoms with van der Waals surface area (Å²) in [5.74, 6) is 5.64. The first-order valence-corrected chi connectivity index (χ1v) is 6.43. The van der Waals surface area contributed by atoms with E-state index >= 15 is 0 Å². The first kappa shape index (κ1) is 12.2. The molecule has 3 heterocycles. The molecule has 0 spiro atoms. The Bertz CT molecular complexity index is 729. The predicted molar refractivity (Wildman–Crippen MR) is 72.9 cm³/mol. The van der Waals surface area contributed by atoms with Crippen LogP contribution in [0.2, 0.25) is 5.02 Å². The van der Waals surface area contributed by atoms with E-state index in [0.29, 0.717) is 26.7 Å². The van der Waals surface area contributed by atoms with Crippen molar-refractivity contribution < 1.29 is 0 Å². The van der Waals surface area contributed by atoms with Gasteiger partial charge in [-0.2, -0.15) is 10.1 Å². The Balaban J connectivity index is 2.09. The van der Waals surface area contributed by atoms with Crippen LogP contribution >= 0.6 is 23.4 Å². The summed E-state index contributed by atoms with van der Waals surface area (Å²) in [7, 11) is 0. The van der Waals surface area contributed by atoms with Crippen LogP contribution in [-0.2, 0) is 0 Å². The van der Waals surface area contributed by atoms with Gasteiger partial charge in [-0.25, -0.2) is 15.8 Å². The summed E-state index contributed by atoms with van der Waals surface area (Å²) in [4.78, 5) is 12.6. The second-order valence-electron chi connectivity index (χ2n) is 3.52. The molecule has 0 fully saturated rings. The first-order valence-electron chi connectivity index (χ1n) is 5.24. The molecular weight excluding hydrogens is 286 g/mol. The van der Waals surface area contributed by atoms with Crippen LogP contribution in [-0.4, -0.2) is 25.1 Å². The van der Waals surface area contributed by atoms with Crippen LogP contribution in [0.15, 0.2) is 34.6 Å². The van der Waals surface area contributed by atoms with Crippen molar-refractivity contribution in [1.82, 2.24) is 25.1 Å². The molecule has 0 atom stereocenters. The first-order chi connectivity index (χ1) is 9.28. The molecule has 0 amide bonds. The highest BCUT2D eigenvalue weighted by molar-refractivity contribution is 7.99. The molecule has 0 aliphatic carbocycles. The van der Waals surface area contributed by atoms with E-state index < -0.39 is 0 Å². The maximum atomic E-state index is 6.08. The van der Waals surface area contributed by atoms with Gasteiger partial charge in [-0.1, -0.05) is 11.6 Å². The standard InChI is InChI=1S/C10H8ClN7S/c11-6-2-1-3-13-9(6)19-8-5-4-14-18-7(5)15-10(16-8)17-12/h1-4H,12H2,(H2,14,15,16,17,18). The van der Waals surface area contributed by atoms with E-state index in [1.165, 1.54) is 11.8 Å². The molecule has 0 aliphatic rings. The molecule has 4 N–H and O–H groups in total. The fraction of sp³-hybridized carbons (Fsp3) is 0. The van der Waals surface area contributed by atoms with Gasteiger partial charge in [0, 0.05) is 6.20 Å². The Morgan fingerprint density at radius 2 is 2.21 bits per heavy atom. The van der Waals surface area contributed by atoms with E-state index in [1.807, 2.05) is 0 Å². The van der Waals surface area contributed by atoms with Gasteiger partial charge < -0.3 is 0 Å². The van der Waals surface area contributed by atoms with Crippen LogP contribution in [0.25, 0.3) is 11.0 Å². The third-order valence-electron chi connectivity index (χ3n) is 2.32. The van der Waals surface area contributed by atoms with Crippen LogP contribution in [0.3, 0.4) is 0 Å². The molecule has 0 saturated heterocycles. The fourth-order valence-corrected chi connectivity index (χ4v) is 2.58. The Labute approximate surface area is 117 Å². The maximum absolute atomic E-state index is 6.08. The second-order valence-corrected chi connectivity index (χ2v) is 4.91. The Morgan fingerprint density at radius 3 is 3.00 bits per heavy atom. The molecule has 0 aromatic carbocycles. The number of nitrogen functional groups attached to an aromatic ring is 1. The molecule has 0 radical (unpaired) electrons. The number of nitrogens with one attached hydrogen (secondary N) is 2. The molecule has 9 heteroatoms. The lowest BCUT2D eigenvalue weighted by molar-refractivity contribution is 1.04. The molecule has 3 rings (SSSR count). The van der Waals surface area contributed by atoms with Crippen LogP contribution in [0.1, 0.15) is 0 Å². The third kappa shape index (κ3) is 2.33. The fourth-order valence-electron chi connectivity index (χ4n) is 1.49. The van der Waals surface area contributed by atoms with E-state index in [-0.39, 0.29) is 0 Å². The van der Waals surface area contributed by atoms with Gasteiger partial charge >= 0.3 is 0 Å². The van der Waals surface area contributed by atoms with Crippen molar-refractivity contribution >= 4 is 40.3 Å². The quantitative estimate of drug-likeness (QED) is 0.384. The number of nitrogens with two attached hydrogens (primary N) is 1. The highest BCUT2D eigenvalue weighted by Crippen LogP contribution is 2.33. The summed E-state index contributed by atoms with van der Waals surface area (Å²) in [5.41, 5.74) is 3.01. The molecule has 0 aliphatic heterocycles. The minimum atomic E-state index is 0.298. The summed E-state index contributed by atoms with van der Waals surface area (Å²) in [5, 5.41) is 9.39. The lowest BCUT2D eigenvalue weighted by atomic mass is 10.4. The van der Waals surface area contributed by atoms with Gasteiger partial charge in [0.2, 0.25) is 5.95 Å². The van der Waals surface area contributed by atoms with Crippen LogP contribution in [0.4, 0.5) is 5.95 Å². The molecule has 3 aromatic heterocycles. The molecule has 96 valence electrons. The summed E-state index contributed by atoms with van der Waals surface area (Å²) < 4.78 is 0. The lowest BCUT2D eigenvalue weighted by Crippen LogP contribution is -2.10. The molecule has 0 bridgehead atoms. The van der Waals surface area contributed by atoms with Crippen molar-refractivity contribution in [3.05, 3.63) is 29.5 Å². The van der Waals surface area contributed by atoms with Crippen LogP contribution < -0.4 is 11.3 Å². The van der Waals surface area contributed by atoms with E-state index in [2.05, 4.69) is 30.6 Å². The number of anilines is 1. The average molecular weight is 294 g/mol. The summed E-state index contributed by atoms with van der Waals surface area (Å²) in [6, 6.07) is 3.54.